The van der Waals surface area contributed by atoms with Crippen molar-refractivity contribution in [3.8, 4) is 0 Å². The zero-order chi connectivity index (χ0) is 19.5. The maximum Gasteiger partial charge on any atom is 0.250 e. The van der Waals surface area contributed by atoms with E-state index in [2.05, 4.69) is 60.7 Å². The molecular formula is C22H33IN4O. The molecule has 2 rings (SSSR count). The highest BCUT2D eigenvalue weighted by atomic mass is 127. The lowest BCUT2D eigenvalue weighted by atomic mass is 10.1. The molecule has 2 N–H and O–H groups in total. The van der Waals surface area contributed by atoms with Gasteiger partial charge in [0.15, 0.2) is 5.96 Å². The summed E-state index contributed by atoms with van der Waals surface area (Å²) in [5.41, 5.74) is 2.28. The van der Waals surface area contributed by atoms with Gasteiger partial charge in [0.25, 0.3) is 5.56 Å². The number of aliphatic imine (C=N–C) groups is 1. The minimum atomic E-state index is 0. The van der Waals surface area contributed by atoms with Gasteiger partial charge in [0.1, 0.15) is 0 Å². The minimum absolute atomic E-state index is 0. The van der Waals surface area contributed by atoms with Crippen molar-refractivity contribution in [2.24, 2.45) is 10.9 Å². The molecule has 28 heavy (non-hydrogen) atoms. The Hall–Kier alpha value is -1.83. The molecule has 154 valence electrons. The normalized spacial score (nSPS) is 11.2. The van der Waals surface area contributed by atoms with E-state index in [1.165, 1.54) is 6.42 Å². The van der Waals surface area contributed by atoms with Gasteiger partial charge in [-0.05, 0) is 42.9 Å². The van der Waals surface area contributed by atoms with E-state index in [9.17, 15) is 4.79 Å². The monoisotopic (exact) mass is 496 g/mol. The Morgan fingerprint density at radius 3 is 2.43 bits per heavy atom. The van der Waals surface area contributed by atoms with Crippen LogP contribution in [-0.4, -0.2) is 23.6 Å². The minimum Gasteiger partial charge on any atom is -0.357 e. The van der Waals surface area contributed by atoms with Crippen molar-refractivity contribution in [2.75, 3.05) is 13.1 Å². The summed E-state index contributed by atoms with van der Waals surface area (Å²) in [5, 5.41) is 6.69. The number of pyridine rings is 1. The van der Waals surface area contributed by atoms with E-state index in [0.717, 1.165) is 42.5 Å². The first kappa shape index (κ1) is 24.2. The molecule has 6 heteroatoms. The second kappa shape index (κ2) is 13.4. The lowest BCUT2D eigenvalue weighted by Gasteiger charge is -2.12. The molecule has 0 bridgehead atoms. The summed E-state index contributed by atoms with van der Waals surface area (Å²) in [6.07, 6.45) is 4.18. The van der Waals surface area contributed by atoms with Crippen molar-refractivity contribution in [2.45, 2.75) is 46.7 Å². The van der Waals surface area contributed by atoms with E-state index in [4.69, 9.17) is 0 Å². The molecule has 1 heterocycles. The van der Waals surface area contributed by atoms with Crippen LogP contribution in [0.4, 0.5) is 0 Å². The van der Waals surface area contributed by atoms with Gasteiger partial charge >= 0.3 is 0 Å². The molecule has 2 aromatic rings. The summed E-state index contributed by atoms with van der Waals surface area (Å²) in [4.78, 5) is 16.5. The summed E-state index contributed by atoms with van der Waals surface area (Å²) < 4.78 is 1.71. The summed E-state index contributed by atoms with van der Waals surface area (Å²) in [5.74, 6) is 1.60. The standard InChI is InChI=1S/C22H32N4O.HI/c1-4-23-22(24-14-7-8-18(2)3)25-16-19-10-12-20(13-11-19)17-26-15-6-5-9-21(26)27;/h5-6,9-13,15,18H,4,7-8,14,16-17H2,1-3H3,(H2,23,24,25);1H. The van der Waals surface area contributed by atoms with E-state index in [-0.39, 0.29) is 29.5 Å². The van der Waals surface area contributed by atoms with Gasteiger partial charge in [-0.3, -0.25) is 4.79 Å². The topological polar surface area (TPSA) is 58.4 Å². The van der Waals surface area contributed by atoms with Crippen molar-refractivity contribution in [1.29, 1.82) is 0 Å². The highest BCUT2D eigenvalue weighted by Gasteiger charge is 2.00. The molecule has 0 saturated carbocycles. The zero-order valence-electron chi connectivity index (χ0n) is 17.1. The maximum atomic E-state index is 11.8. The fourth-order valence-corrected chi connectivity index (χ4v) is 2.77. The van der Waals surface area contributed by atoms with Crippen molar-refractivity contribution in [3.63, 3.8) is 0 Å². The SMILES string of the molecule is CCNC(=NCc1ccc(Cn2ccccc2=O)cc1)NCCCC(C)C.I. The summed E-state index contributed by atoms with van der Waals surface area (Å²) >= 11 is 0. The smallest absolute Gasteiger partial charge is 0.250 e. The van der Waals surface area contributed by atoms with E-state index in [1.807, 2.05) is 12.3 Å². The van der Waals surface area contributed by atoms with Gasteiger partial charge < -0.3 is 15.2 Å². The van der Waals surface area contributed by atoms with E-state index in [1.54, 1.807) is 16.7 Å². The molecular weight excluding hydrogens is 463 g/mol. The van der Waals surface area contributed by atoms with Gasteiger partial charge in [-0.15, -0.1) is 24.0 Å². The van der Waals surface area contributed by atoms with Crippen LogP contribution >= 0.6 is 24.0 Å². The third kappa shape index (κ3) is 8.91. The number of hydrogen-bond donors (Lipinski definition) is 2. The molecule has 5 nitrogen and oxygen atoms in total. The highest BCUT2D eigenvalue weighted by molar-refractivity contribution is 14.0. The van der Waals surface area contributed by atoms with Gasteiger partial charge in [0.05, 0.1) is 13.1 Å². The molecule has 1 aromatic heterocycles. The molecule has 0 aliphatic heterocycles. The zero-order valence-corrected chi connectivity index (χ0v) is 19.5. The Morgan fingerprint density at radius 1 is 1.07 bits per heavy atom. The van der Waals surface area contributed by atoms with Crippen molar-refractivity contribution >= 4 is 29.9 Å². The van der Waals surface area contributed by atoms with E-state index < -0.39 is 0 Å². The number of nitrogens with one attached hydrogen (secondary N) is 2. The summed E-state index contributed by atoms with van der Waals surface area (Å²) in [7, 11) is 0. The van der Waals surface area contributed by atoms with Crippen LogP contribution in [0, 0.1) is 5.92 Å². The van der Waals surface area contributed by atoms with E-state index in [0.29, 0.717) is 13.1 Å². The number of rotatable bonds is 9. The Labute approximate surface area is 185 Å². The van der Waals surface area contributed by atoms with Crippen LogP contribution in [0.3, 0.4) is 0 Å². The van der Waals surface area contributed by atoms with Crippen molar-refractivity contribution in [3.05, 3.63) is 70.1 Å². The molecule has 0 spiro atoms. The predicted molar refractivity (Wildman–Crippen MR) is 129 cm³/mol. The number of guanidine groups is 1. The number of aromatic nitrogens is 1. The van der Waals surface area contributed by atoms with Gasteiger partial charge in [0.2, 0.25) is 0 Å². The van der Waals surface area contributed by atoms with Crippen LogP contribution in [0.25, 0.3) is 0 Å². The Morgan fingerprint density at radius 2 is 1.79 bits per heavy atom. The molecule has 1 aromatic carbocycles. The molecule has 0 saturated heterocycles. The number of halogens is 1. The molecule has 0 aliphatic carbocycles. The molecule has 0 amide bonds. The van der Waals surface area contributed by atoms with Gasteiger partial charge in [-0.2, -0.15) is 0 Å². The Bertz CT molecular complexity index is 769. The number of benzene rings is 1. The van der Waals surface area contributed by atoms with Crippen LogP contribution in [-0.2, 0) is 13.1 Å². The first-order valence-electron chi connectivity index (χ1n) is 9.84. The highest BCUT2D eigenvalue weighted by Crippen LogP contribution is 2.07. The van der Waals surface area contributed by atoms with Crippen LogP contribution < -0.4 is 16.2 Å². The quantitative estimate of drug-likeness (QED) is 0.239. The largest absolute Gasteiger partial charge is 0.357 e. The van der Waals surface area contributed by atoms with Crippen molar-refractivity contribution < 1.29 is 0 Å². The van der Waals surface area contributed by atoms with E-state index >= 15 is 0 Å². The maximum absolute atomic E-state index is 11.8. The Balaban J connectivity index is 0.00000392. The summed E-state index contributed by atoms with van der Waals surface area (Å²) in [6.45, 7) is 9.57. The number of nitrogens with zero attached hydrogens (tertiary/aromatic N) is 2. The Kier molecular flexibility index (Phi) is 11.6. The fourth-order valence-electron chi connectivity index (χ4n) is 2.77. The lowest BCUT2D eigenvalue weighted by molar-refractivity contribution is 0.549. The first-order chi connectivity index (χ1) is 13.1. The average molecular weight is 496 g/mol. The molecule has 0 radical (unpaired) electrons. The molecule has 0 atom stereocenters. The van der Waals surface area contributed by atoms with Crippen LogP contribution in [0.1, 0.15) is 44.7 Å². The summed E-state index contributed by atoms with van der Waals surface area (Å²) in [6, 6.07) is 13.5. The third-order valence-corrected chi connectivity index (χ3v) is 4.29. The van der Waals surface area contributed by atoms with Gasteiger partial charge in [-0.25, -0.2) is 4.99 Å². The molecule has 0 aliphatic rings. The van der Waals surface area contributed by atoms with Crippen LogP contribution in [0.15, 0.2) is 58.4 Å². The second-order valence-electron chi connectivity index (χ2n) is 7.14. The number of hydrogen-bond acceptors (Lipinski definition) is 2. The van der Waals surface area contributed by atoms with Gasteiger partial charge in [0, 0.05) is 25.4 Å². The predicted octanol–water partition coefficient (Wildman–Crippen LogP) is 4.01. The third-order valence-electron chi connectivity index (χ3n) is 4.29. The van der Waals surface area contributed by atoms with Crippen LogP contribution in [0.5, 0.6) is 0 Å². The van der Waals surface area contributed by atoms with Crippen molar-refractivity contribution in [1.82, 2.24) is 15.2 Å². The lowest BCUT2D eigenvalue weighted by Crippen LogP contribution is -2.37. The first-order valence-corrected chi connectivity index (χ1v) is 9.84. The average Bonchev–Trinajstić information content (AvgIpc) is 2.66. The molecule has 0 fully saturated rings. The van der Waals surface area contributed by atoms with Crippen LogP contribution in [0.2, 0.25) is 0 Å². The second-order valence-corrected chi connectivity index (χ2v) is 7.14. The fraction of sp³-hybridized carbons (Fsp3) is 0.455. The van der Waals surface area contributed by atoms with Gasteiger partial charge in [-0.1, -0.05) is 44.2 Å². The molecule has 0 unspecified atom stereocenters.